The summed E-state index contributed by atoms with van der Waals surface area (Å²) in [6.45, 7) is 5.58. The molecule has 0 saturated carbocycles. The lowest BCUT2D eigenvalue weighted by atomic mass is 10.1. The third-order valence-electron chi connectivity index (χ3n) is 2.71. The van der Waals surface area contributed by atoms with E-state index in [9.17, 15) is 9.59 Å². The smallest absolute Gasteiger partial charge is 0.411 e. The molecule has 1 aromatic rings. The van der Waals surface area contributed by atoms with Crippen LogP contribution in [0.25, 0.3) is 0 Å². The van der Waals surface area contributed by atoms with Crippen LogP contribution >= 0.6 is 11.6 Å². The molecule has 1 heterocycles. The number of rotatable bonds is 0. The molecule has 6 heteroatoms. The third-order valence-corrected chi connectivity index (χ3v) is 3.03. The molecule has 2 rings (SSSR count). The molecule has 0 atom stereocenters. The Morgan fingerprint density at radius 1 is 1.35 bits per heavy atom. The zero-order valence-electron chi connectivity index (χ0n) is 11.7. The minimum atomic E-state index is -0.600. The lowest BCUT2D eigenvalue weighted by Crippen LogP contribution is -2.39. The highest BCUT2D eigenvalue weighted by molar-refractivity contribution is 6.34. The molecule has 0 aliphatic carbocycles. The van der Waals surface area contributed by atoms with Crippen LogP contribution in [0.15, 0.2) is 18.2 Å². The van der Waals surface area contributed by atoms with Crippen molar-refractivity contribution in [2.75, 3.05) is 11.9 Å². The molecule has 0 spiro atoms. The Morgan fingerprint density at radius 2 is 2.05 bits per heavy atom. The highest BCUT2D eigenvalue weighted by Crippen LogP contribution is 2.29. The van der Waals surface area contributed by atoms with Gasteiger partial charge in [-0.25, -0.2) is 4.79 Å². The van der Waals surface area contributed by atoms with Crippen molar-refractivity contribution in [1.82, 2.24) is 4.90 Å². The summed E-state index contributed by atoms with van der Waals surface area (Å²) in [6, 6.07) is 5.31. The van der Waals surface area contributed by atoms with Crippen molar-refractivity contribution in [3.05, 3.63) is 28.8 Å². The number of hydrogen-bond donors (Lipinski definition) is 1. The van der Waals surface area contributed by atoms with E-state index in [-0.39, 0.29) is 19.0 Å². The Bertz CT molecular complexity index is 552. The fourth-order valence-corrected chi connectivity index (χ4v) is 2.15. The first-order valence-corrected chi connectivity index (χ1v) is 6.69. The number of nitrogens with one attached hydrogen (secondary N) is 1. The van der Waals surface area contributed by atoms with E-state index < -0.39 is 11.7 Å². The van der Waals surface area contributed by atoms with E-state index in [0.29, 0.717) is 10.7 Å². The van der Waals surface area contributed by atoms with Gasteiger partial charge >= 0.3 is 6.09 Å². The summed E-state index contributed by atoms with van der Waals surface area (Å²) in [6.07, 6.45) is -0.513. The van der Waals surface area contributed by atoms with E-state index in [1.807, 2.05) is 6.07 Å². The van der Waals surface area contributed by atoms with Gasteiger partial charge in [0.2, 0.25) is 5.91 Å². The van der Waals surface area contributed by atoms with Crippen LogP contribution in [0.2, 0.25) is 5.02 Å². The minimum absolute atomic E-state index is 0.0556. The first kappa shape index (κ1) is 14.7. The number of benzene rings is 1. The highest BCUT2D eigenvalue weighted by Gasteiger charge is 2.27. The van der Waals surface area contributed by atoms with E-state index in [2.05, 4.69) is 5.32 Å². The van der Waals surface area contributed by atoms with Crippen LogP contribution in [0.1, 0.15) is 26.3 Å². The van der Waals surface area contributed by atoms with Gasteiger partial charge in [-0.3, -0.25) is 9.69 Å². The predicted molar refractivity (Wildman–Crippen MR) is 76.7 cm³/mol. The van der Waals surface area contributed by atoms with Crippen molar-refractivity contribution in [3.63, 3.8) is 0 Å². The number of carbonyl (C=O) groups excluding carboxylic acids is 2. The highest BCUT2D eigenvalue weighted by atomic mass is 35.5. The standard InChI is InChI=1S/C14H17ClN2O3/c1-14(2,3)20-13(19)17-7-9-5-4-6-10(15)12(9)16-11(18)8-17/h4-6H,7-8H2,1-3H3,(H,16,18). The van der Waals surface area contributed by atoms with Gasteiger partial charge in [0, 0.05) is 0 Å². The lowest BCUT2D eigenvalue weighted by molar-refractivity contribution is -0.117. The average molecular weight is 297 g/mol. The molecule has 5 nitrogen and oxygen atoms in total. The van der Waals surface area contributed by atoms with Crippen molar-refractivity contribution >= 4 is 29.3 Å². The molecule has 1 aliphatic rings. The van der Waals surface area contributed by atoms with E-state index in [1.165, 1.54) is 4.90 Å². The number of hydrogen-bond acceptors (Lipinski definition) is 3. The van der Waals surface area contributed by atoms with Crippen LogP contribution in [0.3, 0.4) is 0 Å². The Balaban J connectivity index is 2.26. The summed E-state index contributed by atoms with van der Waals surface area (Å²) in [5.74, 6) is -0.289. The second kappa shape index (κ2) is 5.32. The van der Waals surface area contributed by atoms with Gasteiger partial charge in [-0.1, -0.05) is 23.7 Å². The van der Waals surface area contributed by atoms with Gasteiger partial charge in [-0.2, -0.15) is 0 Å². The fourth-order valence-electron chi connectivity index (χ4n) is 1.91. The van der Waals surface area contributed by atoms with Crippen LogP contribution in [0.5, 0.6) is 0 Å². The van der Waals surface area contributed by atoms with Crippen molar-refractivity contribution in [3.8, 4) is 0 Å². The number of carbonyl (C=O) groups is 2. The lowest BCUT2D eigenvalue weighted by Gasteiger charge is -2.25. The summed E-state index contributed by atoms with van der Waals surface area (Å²) in [5.41, 5.74) is 0.747. The number of nitrogens with zero attached hydrogens (tertiary/aromatic N) is 1. The molecule has 0 radical (unpaired) electrons. The molecule has 108 valence electrons. The first-order chi connectivity index (χ1) is 9.26. The Labute approximate surface area is 122 Å². The second-order valence-electron chi connectivity index (χ2n) is 5.66. The van der Waals surface area contributed by atoms with Crippen LogP contribution in [-0.4, -0.2) is 29.0 Å². The van der Waals surface area contributed by atoms with Gasteiger partial charge in [-0.15, -0.1) is 0 Å². The second-order valence-corrected chi connectivity index (χ2v) is 6.07. The zero-order valence-corrected chi connectivity index (χ0v) is 12.5. The number of anilines is 1. The summed E-state index contributed by atoms with van der Waals surface area (Å²) in [5, 5.41) is 3.18. The van der Waals surface area contributed by atoms with Crippen molar-refractivity contribution in [2.45, 2.75) is 32.9 Å². The molecular formula is C14H17ClN2O3. The monoisotopic (exact) mass is 296 g/mol. The summed E-state index contributed by atoms with van der Waals surface area (Å²) in [7, 11) is 0. The molecule has 0 aromatic heterocycles. The minimum Gasteiger partial charge on any atom is -0.444 e. The van der Waals surface area contributed by atoms with Crippen LogP contribution < -0.4 is 5.32 Å². The predicted octanol–water partition coefficient (Wildman–Crippen LogP) is 3.03. The molecule has 20 heavy (non-hydrogen) atoms. The summed E-state index contributed by atoms with van der Waals surface area (Å²) >= 11 is 6.06. The molecular weight excluding hydrogens is 280 g/mol. The first-order valence-electron chi connectivity index (χ1n) is 6.31. The number of ether oxygens (including phenoxy) is 1. The Morgan fingerprint density at radius 3 is 2.70 bits per heavy atom. The molecule has 0 saturated heterocycles. The van der Waals surface area contributed by atoms with E-state index in [4.69, 9.17) is 16.3 Å². The maximum atomic E-state index is 12.1. The number of para-hydroxylation sites is 1. The van der Waals surface area contributed by atoms with Gasteiger partial charge in [-0.05, 0) is 32.4 Å². The van der Waals surface area contributed by atoms with Crippen LogP contribution in [0, 0.1) is 0 Å². The maximum Gasteiger partial charge on any atom is 0.411 e. The number of amides is 2. The molecule has 0 bridgehead atoms. The van der Waals surface area contributed by atoms with E-state index in [1.54, 1.807) is 32.9 Å². The van der Waals surface area contributed by atoms with Crippen LogP contribution in [-0.2, 0) is 16.1 Å². The SMILES string of the molecule is CC(C)(C)OC(=O)N1CC(=O)Nc2c(Cl)cccc2C1. The zero-order chi connectivity index (χ0) is 14.9. The van der Waals surface area contributed by atoms with E-state index >= 15 is 0 Å². The molecule has 2 amide bonds. The maximum absolute atomic E-state index is 12.1. The molecule has 1 aliphatic heterocycles. The fraction of sp³-hybridized carbons (Fsp3) is 0.429. The number of fused-ring (bicyclic) bond motifs is 1. The average Bonchev–Trinajstić information content (AvgIpc) is 2.46. The van der Waals surface area contributed by atoms with Crippen LogP contribution in [0.4, 0.5) is 10.5 Å². The quantitative estimate of drug-likeness (QED) is 0.800. The molecule has 1 aromatic carbocycles. The number of halogens is 1. The van der Waals surface area contributed by atoms with Gasteiger partial charge < -0.3 is 10.1 Å². The third kappa shape index (κ3) is 3.42. The van der Waals surface area contributed by atoms with E-state index in [0.717, 1.165) is 5.56 Å². The van der Waals surface area contributed by atoms with Gasteiger partial charge in [0.1, 0.15) is 12.1 Å². The van der Waals surface area contributed by atoms with Gasteiger partial charge in [0.05, 0.1) is 17.3 Å². The Kier molecular flexibility index (Phi) is 3.90. The topological polar surface area (TPSA) is 58.6 Å². The van der Waals surface area contributed by atoms with Crippen molar-refractivity contribution in [1.29, 1.82) is 0 Å². The van der Waals surface area contributed by atoms with Gasteiger partial charge in [0.25, 0.3) is 0 Å². The van der Waals surface area contributed by atoms with Crippen molar-refractivity contribution in [2.24, 2.45) is 0 Å². The Hall–Kier alpha value is -1.75. The summed E-state index contributed by atoms with van der Waals surface area (Å²) in [4.78, 5) is 25.3. The molecule has 0 fully saturated rings. The normalized spacial score (nSPS) is 15.2. The molecule has 1 N–H and O–H groups in total. The van der Waals surface area contributed by atoms with Gasteiger partial charge in [0.15, 0.2) is 0 Å². The largest absolute Gasteiger partial charge is 0.444 e. The molecule has 0 unspecified atom stereocenters. The van der Waals surface area contributed by atoms with Crippen molar-refractivity contribution < 1.29 is 14.3 Å². The summed E-state index contributed by atoms with van der Waals surface area (Å²) < 4.78 is 5.30.